The first-order valence-electron chi connectivity index (χ1n) is 7.67. The monoisotopic (exact) mass is 343 g/mol. The molecule has 2 amide bonds. The molecule has 0 unspecified atom stereocenters. The van der Waals surface area contributed by atoms with E-state index in [1.807, 2.05) is 24.5 Å². The van der Waals surface area contributed by atoms with Crippen LogP contribution in [0.4, 0.5) is 14.9 Å². The number of aliphatic hydroxyl groups is 1. The van der Waals surface area contributed by atoms with Crippen molar-refractivity contribution in [2.45, 2.75) is 6.10 Å². The molecule has 2 aromatic heterocycles. The van der Waals surface area contributed by atoms with Crippen LogP contribution in [-0.2, 0) is 7.05 Å². The van der Waals surface area contributed by atoms with Crippen molar-refractivity contribution in [3.63, 3.8) is 0 Å². The van der Waals surface area contributed by atoms with Gasteiger partial charge in [-0.25, -0.2) is 9.18 Å². The first-order chi connectivity index (χ1) is 12.0. The summed E-state index contributed by atoms with van der Waals surface area (Å²) in [5, 5.41) is 18.9. The Kier molecular flexibility index (Phi) is 4.80. The van der Waals surface area contributed by atoms with E-state index in [0.29, 0.717) is 5.56 Å². The Morgan fingerprint density at radius 2 is 2.12 bits per heavy atom. The molecule has 0 fully saturated rings. The van der Waals surface area contributed by atoms with E-state index in [1.54, 1.807) is 28.6 Å². The highest BCUT2D eigenvalue weighted by molar-refractivity contribution is 5.89. The van der Waals surface area contributed by atoms with Gasteiger partial charge < -0.3 is 20.3 Å². The van der Waals surface area contributed by atoms with E-state index in [-0.39, 0.29) is 12.2 Å². The number of anilines is 1. The third kappa shape index (κ3) is 4.04. The average molecular weight is 343 g/mol. The number of benzene rings is 1. The van der Waals surface area contributed by atoms with Gasteiger partial charge >= 0.3 is 6.03 Å². The zero-order valence-corrected chi connectivity index (χ0v) is 13.6. The molecule has 0 bridgehead atoms. The fraction of sp³-hybridized carbons (Fsp3) is 0.176. The van der Waals surface area contributed by atoms with Crippen molar-refractivity contribution in [1.82, 2.24) is 19.7 Å². The second-order valence-electron chi connectivity index (χ2n) is 5.55. The van der Waals surface area contributed by atoms with E-state index >= 15 is 0 Å². The SMILES string of the molecule is Cn1cc([C@@H](O)CNC(=O)Nc2cc(-n3cccc3)ccc2F)cn1. The van der Waals surface area contributed by atoms with Crippen molar-refractivity contribution in [3.05, 3.63) is 66.5 Å². The summed E-state index contributed by atoms with van der Waals surface area (Å²) in [5.74, 6) is -0.543. The lowest BCUT2D eigenvalue weighted by Gasteiger charge is -2.13. The van der Waals surface area contributed by atoms with Gasteiger partial charge in [-0.2, -0.15) is 5.10 Å². The van der Waals surface area contributed by atoms with Crippen LogP contribution in [0.2, 0.25) is 0 Å². The number of rotatable bonds is 5. The number of aromatic nitrogens is 3. The summed E-state index contributed by atoms with van der Waals surface area (Å²) in [6, 6.07) is 7.53. The van der Waals surface area contributed by atoms with Gasteiger partial charge in [0.05, 0.1) is 18.0 Å². The Hall–Kier alpha value is -3.13. The molecule has 25 heavy (non-hydrogen) atoms. The number of nitrogens with zero attached hydrogens (tertiary/aromatic N) is 3. The number of carbonyl (C=O) groups excluding carboxylic acids is 1. The molecule has 130 valence electrons. The predicted octanol–water partition coefficient (Wildman–Crippen LogP) is 2.21. The quantitative estimate of drug-likeness (QED) is 0.664. The lowest BCUT2D eigenvalue weighted by Crippen LogP contribution is -2.32. The zero-order chi connectivity index (χ0) is 17.8. The Morgan fingerprint density at radius 1 is 1.36 bits per heavy atom. The first-order valence-corrected chi connectivity index (χ1v) is 7.67. The van der Waals surface area contributed by atoms with Crippen LogP contribution in [0.1, 0.15) is 11.7 Å². The second kappa shape index (κ2) is 7.18. The second-order valence-corrected chi connectivity index (χ2v) is 5.55. The van der Waals surface area contributed by atoms with Crippen LogP contribution in [0, 0.1) is 5.82 Å². The normalized spacial score (nSPS) is 12.0. The number of nitrogens with one attached hydrogen (secondary N) is 2. The van der Waals surface area contributed by atoms with Crippen LogP contribution < -0.4 is 10.6 Å². The highest BCUT2D eigenvalue weighted by Crippen LogP contribution is 2.19. The minimum atomic E-state index is -0.893. The van der Waals surface area contributed by atoms with Crippen molar-refractivity contribution in [3.8, 4) is 5.69 Å². The highest BCUT2D eigenvalue weighted by Gasteiger charge is 2.13. The smallest absolute Gasteiger partial charge is 0.319 e. The van der Waals surface area contributed by atoms with E-state index in [9.17, 15) is 14.3 Å². The maximum Gasteiger partial charge on any atom is 0.319 e. The fourth-order valence-corrected chi connectivity index (χ4v) is 2.36. The molecule has 1 aromatic carbocycles. The molecule has 7 nitrogen and oxygen atoms in total. The lowest BCUT2D eigenvalue weighted by molar-refractivity contribution is 0.175. The van der Waals surface area contributed by atoms with Crippen molar-refractivity contribution in [2.75, 3.05) is 11.9 Å². The largest absolute Gasteiger partial charge is 0.386 e. The van der Waals surface area contributed by atoms with Gasteiger partial charge in [-0.15, -0.1) is 0 Å². The van der Waals surface area contributed by atoms with Gasteiger partial charge in [0.25, 0.3) is 0 Å². The van der Waals surface area contributed by atoms with Gasteiger partial charge in [0.2, 0.25) is 0 Å². The van der Waals surface area contributed by atoms with Crippen molar-refractivity contribution in [1.29, 1.82) is 0 Å². The van der Waals surface area contributed by atoms with Crippen LogP contribution in [-0.4, -0.2) is 32.0 Å². The molecule has 3 aromatic rings. The van der Waals surface area contributed by atoms with Crippen molar-refractivity contribution < 1.29 is 14.3 Å². The third-order valence-electron chi connectivity index (χ3n) is 3.67. The maximum absolute atomic E-state index is 13.9. The summed E-state index contributed by atoms with van der Waals surface area (Å²) >= 11 is 0. The number of carbonyl (C=O) groups is 1. The van der Waals surface area contributed by atoms with Crippen LogP contribution in [0.5, 0.6) is 0 Å². The first kappa shape index (κ1) is 16.7. The zero-order valence-electron chi connectivity index (χ0n) is 13.6. The summed E-state index contributed by atoms with van der Waals surface area (Å²) < 4.78 is 17.3. The van der Waals surface area contributed by atoms with Gasteiger partial charge in [-0.1, -0.05) is 0 Å². The van der Waals surface area contributed by atoms with E-state index in [2.05, 4.69) is 15.7 Å². The summed E-state index contributed by atoms with van der Waals surface area (Å²) in [5.41, 5.74) is 1.36. The van der Waals surface area contributed by atoms with Crippen molar-refractivity contribution >= 4 is 11.7 Å². The Labute approximate surface area is 143 Å². The summed E-state index contributed by atoms with van der Waals surface area (Å²) in [6.45, 7) is -0.0174. The van der Waals surface area contributed by atoms with Crippen LogP contribution >= 0.6 is 0 Å². The molecule has 8 heteroatoms. The minimum absolute atomic E-state index is 0.0174. The molecule has 3 N–H and O–H groups in total. The van der Waals surface area contributed by atoms with E-state index in [4.69, 9.17) is 0 Å². The number of amides is 2. The van der Waals surface area contributed by atoms with Gasteiger partial charge in [-0.3, -0.25) is 4.68 Å². The number of halogens is 1. The van der Waals surface area contributed by atoms with Crippen LogP contribution in [0.3, 0.4) is 0 Å². The molecule has 1 atom stereocenters. The number of hydrogen-bond donors (Lipinski definition) is 3. The van der Waals surface area contributed by atoms with Gasteiger partial charge in [0.15, 0.2) is 0 Å². The summed E-state index contributed by atoms with van der Waals surface area (Å²) in [4.78, 5) is 12.0. The molecule has 0 spiro atoms. The molecular formula is C17H18FN5O2. The molecule has 0 aliphatic heterocycles. The fourth-order valence-electron chi connectivity index (χ4n) is 2.36. The molecule has 0 aliphatic carbocycles. The molecule has 2 heterocycles. The van der Waals surface area contributed by atoms with E-state index < -0.39 is 18.0 Å². The predicted molar refractivity (Wildman–Crippen MR) is 90.9 cm³/mol. The Bertz CT molecular complexity index is 860. The molecule has 0 aliphatic rings. The third-order valence-corrected chi connectivity index (χ3v) is 3.67. The summed E-state index contributed by atoms with van der Waals surface area (Å²) in [7, 11) is 1.73. The number of aryl methyl sites for hydroxylation is 1. The minimum Gasteiger partial charge on any atom is -0.386 e. The van der Waals surface area contributed by atoms with Gasteiger partial charge in [0, 0.05) is 43.4 Å². The summed E-state index contributed by atoms with van der Waals surface area (Å²) in [6.07, 6.45) is 5.92. The van der Waals surface area contributed by atoms with Crippen LogP contribution in [0.25, 0.3) is 5.69 Å². The Balaban J connectivity index is 1.62. The molecular weight excluding hydrogens is 325 g/mol. The van der Waals surface area contributed by atoms with Gasteiger partial charge in [-0.05, 0) is 30.3 Å². The topological polar surface area (TPSA) is 84.1 Å². The standard InChI is InChI=1S/C17H18FN5O2/c1-22-11-12(9-20-22)16(24)10-19-17(25)21-15-8-13(4-5-14(15)18)23-6-2-3-7-23/h2-9,11,16,24H,10H2,1H3,(H2,19,21,25)/t16-/m0/s1. The molecule has 0 saturated carbocycles. The lowest BCUT2D eigenvalue weighted by atomic mass is 10.2. The molecule has 0 radical (unpaired) electrons. The highest BCUT2D eigenvalue weighted by atomic mass is 19.1. The number of urea groups is 1. The molecule has 3 rings (SSSR count). The van der Waals surface area contributed by atoms with E-state index in [1.165, 1.54) is 18.3 Å². The maximum atomic E-state index is 13.9. The number of hydrogen-bond acceptors (Lipinski definition) is 3. The van der Waals surface area contributed by atoms with Gasteiger partial charge in [0.1, 0.15) is 5.82 Å². The van der Waals surface area contributed by atoms with E-state index in [0.717, 1.165) is 5.69 Å². The Morgan fingerprint density at radius 3 is 2.80 bits per heavy atom. The average Bonchev–Trinajstić information content (AvgIpc) is 3.26. The molecule has 0 saturated heterocycles. The van der Waals surface area contributed by atoms with Crippen LogP contribution in [0.15, 0.2) is 55.1 Å². The van der Waals surface area contributed by atoms with Crippen molar-refractivity contribution in [2.24, 2.45) is 7.05 Å². The number of aliphatic hydroxyl groups excluding tert-OH is 1.